The summed E-state index contributed by atoms with van der Waals surface area (Å²) in [5.74, 6) is -1.97. The first-order chi connectivity index (χ1) is 11.9. The maximum atomic E-state index is 13.7. The van der Waals surface area contributed by atoms with Crippen LogP contribution >= 0.6 is 0 Å². The first-order valence-corrected chi connectivity index (χ1v) is 7.58. The molecule has 25 heavy (non-hydrogen) atoms. The zero-order valence-electron chi connectivity index (χ0n) is 13.6. The van der Waals surface area contributed by atoms with Gasteiger partial charge in [-0.3, -0.25) is 14.4 Å². The van der Waals surface area contributed by atoms with Crippen LogP contribution in [0.3, 0.4) is 0 Å². The second-order valence-corrected chi connectivity index (χ2v) is 5.48. The smallest absolute Gasteiger partial charge is 0.251 e. The highest BCUT2D eigenvalue weighted by molar-refractivity contribution is 5.98. The van der Waals surface area contributed by atoms with Crippen LogP contribution < -0.4 is 16.4 Å². The largest absolute Gasteiger partial charge is 0.368 e. The number of halogens is 1. The Morgan fingerprint density at radius 2 is 1.72 bits per heavy atom. The summed E-state index contributed by atoms with van der Waals surface area (Å²) in [4.78, 5) is 34.8. The number of carbonyl (C=O) groups is 3. The Bertz CT molecular complexity index is 790. The van der Waals surface area contributed by atoms with E-state index in [1.807, 2.05) is 0 Å². The van der Waals surface area contributed by atoms with Gasteiger partial charge in [-0.1, -0.05) is 18.2 Å². The molecule has 1 atom stereocenters. The number of anilines is 1. The molecule has 0 unspecified atom stereocenters. The molecule has 3 amide bonds. The molecule has 0 aliphatic carbocycles. The van der Waals surface area contributed by atoms with E-state index < -0.39 is 23.7 Å². The number of amides is 3. The van der Waals surface area contributed by atoms with Crippen molar-refractivity contribution in [2.45, 2.75) is 19.4 Å². The van der Waals surface area contributed by atoms with Gasteiger partial charge >= 0.3 is 0 Å². The molecule has 0 aliphatic heterocycles. The fraction of sp³-hybridized carbons (Fsp3) is 0.167. The van der Waals surface area contributed by atoms with Gasteiger partial charge in [-0.05, 0) is 35.9 Å². The molecular formula is C18H18FN3O3. The molecule has 4 N–H and O–H groups in total. The lowest BCUT2D eigenvalue weighted by Crippen LogP contribution is -2.46. The number of rotatable bonds is 6. The summed E-state index contributed by atoms with van der Waals surface area (Å²) in [7, 11) is 0. The van der Waals surface area contributed by atoms with Crippen LogP contribution in [0.15, 0.2) is 48.5 Å². The zero-order chi connectivity index (χ0) is 18.4. The van der Waals surface area contributed by atoms with Crippen molar-refractivity contribution in [2.75, 3.05) is 5.32 Å². The number of hydrogen-bond donors (Lipinski definition) is 3. The molecule has 0 saturated heterocycles. The van der Waals surface area contributed by atoms with Crippen molar-refractivity contribution in [1.29, 1.82) is 0 Å². The topological polar surface area (TPSA) is 101 Å². The van der Waals surface area contributed by atoms with Gasteiger partial charge < -0.3 is 16.4 Å². The fourth-order valence-corrected chi connectivity index (χ4v) is 2.26. The number of nitrogens with one attached hydrogen (secondary N) is 2. The Morgan fingerprint density at radius 1 is 1.08 bits per heavy atom. The van der Waals surface area contributed by atoms with Gasteiger partial charge in [0, 0.05) is 24.6 Å². The summed E-state index contributed by atoms with van der Waals surface area (Å²) in [5, 5.41) is 5.08. The number of nitrogens with two attached hydrogens (primary N) is 1. The van der Waals surface area contributed by atoms with Gasteiger partial charge in [-0.2, -0.15) is 0 Å². The first-order valence-electron chi connectivity index (χ1n) is 7.58. The molecule has 0 spiro atoms. The Hall–Kier alpha value is -3.22. The van der Waals surface area contributed by atoms with Crippen molar-refractivity contribution in [3.05, 3.63) is 65.5 Å². The second kappa shape index (κ2) is 8.05. The van der Waals surface area contributed by atoms with Crippen molar-refractivity contribution >= 4 is 23.4 Å². The van der Waals surface area contributed by atoms with Crippen LogP contribution in [0.5, 0.6) is 0 Å². The standard InChI is InChI=1S/C18H18FN3O3/c1-11(23)21-14-8-6-12(7-9-14)18(25)22-16(17(20)24)10-13-4-2-3-5-15(13)19/h2-9,16H,10H2,1H3,(H2,20,24)(H,21,23)(H,22,25)/t16-/m0/s1. The Labute approximate surface area is 144 Å². The SMILES string of the molecule is CC(=O)Nc1ccc(C(=O)N[C@@H](Cc2ccccc2F)C(N)=O)cc1. The fourth-order valence-electron chi connectivity index (χ4n) is 2.26. The summed E-state index contributed by atoms with van der Waals surface area (Å²) in [6.45, 7) is 1.38. The minimum absolute atomic E-state index is 0.0439. The summed E-state index contributed by atoms with van der Waals surface area (Å²) >= 11 is 0. The lowest BCUT2D eigenvalue weighted by atomic mass is 10.0. The zero-order valence-corrected chi connectivity index (χ0v) is 13.6. The molecule has 0 aliphatic rings. The molecule has 0 fully saturated rings. The Kier molecular flexibility index (Phi) is 5.84. The quantitative estimate of drug-likeness (QED) is 0.743. The van der Waals surface area contributed by atoms with Crippen molar-refractivity contribution in [1.82, 2.24) is 5.32 Å². The van der Waals surface area contributed by atoms with Crippen molar-refractivity contribution in [3.8, 4) is 0 Å². The van der Waals surface area contributed by atoms with E-state index in [-0.39, 0.29) is 23.5 Å². The van der Waals surface area contributed by atoms with Crippen LogP contribution in [0.1, 0.15) is 22.8 Å². The summed E-state index contributed by atoms with van der Waals surface area (Å²) < 4.78 is 13.7. The van der Waals surface area contributed by atoms with Gasteiger partial charge in [-0.25, -0.2) is 4.39 Å². The molecule has 6 nitrogen and oxygen atoms in total. The van der Waals surface area contributed by atoms with Crippen LogP contribution in [0, 0.1) is 5.82 Å². The minimum atomic E-state index is -1.04. The lowest BCUT2D eigenvalue weighted by Gasteiger charge is -2.16. The third-order valence-electron chi connectivity index (χ3n) is 3.50. The number of carbonyl (C=O) groups excluding carboxylic acids is 3. The highest BCUT2D eigenvalue weighted by atomic mass is 19.1. The Morgan fingerprint density at radius 3 is 2.28 bits per heavy atom. The van der Waals surface area contributed by atoms with Crippen molar-refractivity contribution < 1.29 is 18.8 Å². The molecule has 0 aromatic heterocycles. The van der Waals surface area contributed by atoms with E-state index >= 15 is 0 Å². The lowest BCUT2D eigenvalue weighted by molar-refractivity contribution is -0.119. The molecule has 0 bridgehead atoms. The molecule has 0 heterocycles. The molecule has 7 heteroatoms. The van der Waals surface area contributed by atoms with Crippen LogP contribution in [0.2, 0.25) is 0 Å². The molecule has 0 radical (unpaired) electrons. The van der Waals surface area contributed by atoms with Crippen LogP contribution in [-0.2, 0) is 16.0 Å². The van der Waals surface area contributed by atoms with Crippen molar-refractivity contribution in [3.63, 3.8) is 0 Å². The van der Waals surface area contributed by atoms with E-state index in [2.05, 4.69) is 10.6 Å². The van der Waals surface area contributed by atoms with E-state index in [0.717, 1.165) is 0 Å². The molecule has 2 rings (SSSR count). The molecule has 130 valence electrons. The highest BCUT2D eigenvalue weighted by Gasteiger charge is 2.20. The molecule has 2 aromatic carbocycles. The second-order valence-electron chi connectivity index (χ2n) is 5.48. The van der Waals surface area contributed by atoms with E-state index in [1.54, 1.807) is 18.2 Å². The van der Waals surface area contributed by atoms with E-state index in [9.17, 15) is 18.8 Å². The number of benzene rings is 2. The Balaban J connectivity index is 2.08. The van der Waals surface area contributed by atoms with Gasteiger partial charge in [0.15, 0.2) is 0 Å². The van der Waals surface area contributed by atoms with Gasteiger partial charge in [0.05, 0.1) is 0 Å². The molecule has 0 saturated carbocycles. The molecule has 2 aromatic rings. The van der Waals surface area contributed by atoms with Gasteiger partial charge in [0.1, 0.15) is 11.9 Å². The van der Waals surface area contributed by atoms with E-state index in [0.29, 0.717) is 5.69 Å². The monoisotopic (exact) mass is 343 g/mol. The maximum absolute atomic E-state index is 13.7. The minimum Gasteiger partial charge on any atom is -0.368 e. The first kappa shape index (κ1) is 18.1. The van der Waals surface area contributed by atoms with Gasteiger partial charge in [0.25, 0.3) is 5.91 Å². The average molecular weight is 343 g/mol. The van der Waals surface area contributed by atoms with Gasteiger partial charge in [0.2, 0.25) is 11.8 Å². The third kappa shape index (κ3) is 5.13. The third-order valence-corrected chi connectivity index (χ3v) is 3.50. The normalized spacial score (nSPS) is 11.4. The predicted molar refractivity (Wildman–Crippen MR) is 91.3 cm³/mol. The summed E-state index contributed by atoms with van der Waals surface area (Å²) in [5.41, 5.74) is 6.43. The van der Waals surface area contributed by atoms with E-state index in [4.69, 9.17) is 5.73 Å². The molecular weight excluding hydrogens is 325 g/mol. The number of primary amides is 1. The highest BCUT2D eigenvalue weighted by Crippen LogP contribution is 2.12. The van der Waals surface area contributed by atoms with E-state index in [1.165, 1.54) is 37.3 Å². The number of hydrogen-bond acceptors (Lipinski definition) is 3. The summed E-state index contributed by atoms with van der Waals surface area (Å²) in [6.07, 6.45) is -0.0439. The average Bonchev–Trinajstić information content (AvgIpc) is 2.56. The maximum Gasteiger partial charge on any atom is 0.251 e. The van der Waals surface area contributed by atoms with Crippen LogP contribution in [0.25, 0.3) is 0 Å². The summed E-state index contributed by atoms with van der Waals surface area (Å²) in [6, 6.07) is 11.1. The van der Waals surface area contributed by atoms with Crippen LogP contribution in [0.4, 0.5) is 10.1 Å². The predicted octanol–water partition coefficient (Wildman–Crippen LogP) is 1.61. The van der Waals surface area contributed by atoms with Crippen LogP contribution in [-0.4, -0.2) is 23.8 Å². The van der Waals surface area contributed by atoms with Gasteiger partial charge in [-0.15, -0.1) is 0 Å². The van der Waals surface area contributed by atoms with Crippen molar-refractivity contribution in [2.24, 2.45) is 5.73 Å².